The lowest BCUT2D eigenvalue weighted by molar-refractivity contribution is -0.385. The maximum absolute atomic E-state index is 11.0. The fourth-order valence-corrected chi connectivity index (χ4v) is 2.59. The number of halogens is 2. The molecule has 2 aromatic carbocycles. The van der Waals surface area contributed by atoms with Gasteiger partial charge in [-0.3, -0.25) is 10.1 Å². The van der Waals surface area contributed by atoms with E-state index in [-0.39, 0.29) is 12.2 Å². The van der Waals surface area contributed by atoms with E-state index >= 15 is 0 Å². The minimum absolute atomic E-state index is 0.0409. The first kappa shape index (κ1) is 15.5. The van der Waals surface area contributed by atoms with Gasteiger partial charge in [0, 0.05) is 27.1 Å². The molecule has 7 heteroatoms. The molecule has 0 heterocycles. The monoisotopic (exact) mass is 409 g/mol. The van der Waals surface area contributed by atoms with E-state index in [0.717, 1.165) is 8.95 Å². The molecule has 0 saturated heterocycles. The number of benzene rings is 2. The predicted molar refractivity (Wildman–Crippen MR) is 87.0 cm³/mol. The molecule has 21 heavy (non-hydrogen) atoms. The molecule has 0 unspecified atom stereocenters. The lowest BCUT2D eigenvalue weighted by Gasteiger charge is -2.09. The molecule has 0 saturated carbocycles. The van der Waals surface area contributed by atoms with Gasteiger partial charge in [0.1, 0.15) is 6.07 Å². The molecule has 5 nitrogen and oxygen atoms in total. The standard InChI is InChI=1S/C14H9Br2N3O2/c15-11-3-4-14(19(20)21)10(5-11)8-18-13-6-12(16)2-1-9(13)7-17/h1-6,18H,8H2. The Bertz CT molecular complexity index is 741. The molecule has 0 amide bonds. The molecule has 0 aromatic heterocycles. The number of nitrogens with zero attached hydrogens (tertiary/aromatic N) is 2. The van der Waals surface area contributed by atoms with Crippen molar-refractivity contribution < 1.29 is 4.92 Å². The summed E-state index contributed by atoms with van der Waals surface area (Å²) in [6.45, 7) is 0.251. The van der Waals surface area contributed by atoms with E-state index < -0.39 is 4.92 Å². The summed E-state index contributed by atoms with van der Waals surface area (Å²) in [6, 6.07) is 12.1. The minimum Gasteiger partial charge on any atom is -0.380 e. The molecule has 0 spiro atoms. The maximum atomic E-state index is 11.0. The van der Waals surface area contributed by atoms with E-state index in [1.807, 2.05) is 0 Å². The fourth-order valence-electron chi connectivity index (χ4n) is 1.82. The summed E-state index contributed by atoms with van der Waals surface area (Å²) in [6.07, 6.45) is 0. The van der Waals surface area contributed by atoms with Crippen LogP contribution in [0, 0.1) is 21.4 Å². The number of nitrogens with one attached hydrogen (secondary N) is 1. The molecule has 2 rings (SSSR count). The Balaban J connectivity index is 2.29. The van der Waals surface area contributed by atoms with Gasteiger partial charge in [0.05, 0.1) is 16.2 Å². The van der Waals surface area contributed by atoms with Crippen molar-refractivity contribution in [3.05, 3.63) is 66.6 Å². The van der Waals surface area contributed by atoms with Crippen LogP contribution >= 0.6 is 31.9 Å². The molecular formula is C14H9Br2N3O2. The summed E-state index contributed by atoms with van der Waals surface area (Å²) < 4.78 is 1.59. The van der Waals surface area contributed by atoms with Gasteiger partial charge in [-0.05, 0) is 30.3 Å². The third-order valence-corrected chi connectivity index (χ3v) is 3.80. The summed E-state index contributed by atoms with van der Waals surface area (Å²) in [7, 11) is 0. The number of anilines is 1. The van der Waals surface area contributed by atoms with E-state index in [0.29, 0.717) is 16.8 Å². The van der Waals surface area contributed by atoms with Crippen LogP contribution in [0.25, 0.3) is 0 Å². The SMILES string of the molecule is N#Cc1ccc(Br)cc1NCc1cc(Br)ccc1[N+](=O)[O-]. The van der Waals surface area contributed by atoms with Crippen molar-refractivity contribution in [2.24, 2.45) is 0 Å². The highest BCUT2D eigenvalue weighted by Gasteiger charge is 2.14. The van der Waals surface area contributed by atoms with Crippen molar-refractivity contribution in [3.8, 4) is 6.07 Å². The summed E-state index contributed by atoms with van der Waals surface area (Å²) in [5.74, 6) is 0. The Labute approximate surface area is 138 Å². The van der Waals surface area contributed by atoms with Crippen LogP contribution in [0.5, 0.6) is 0 Å². The van der Waals surface area contributed by atoms with Gasteiger partial charge in [0.2, 0.25) is 0 Å². The van der Waals surface area contributed by atoms with Gasteiger partial charge < -0.3 is 5.32 Å². The quantitative estimate of drug-likeness (QED) is 0.589. The Hall–Kier alpha value is -1.91. The topological polar surface area (TPSA) is 79.0 Å². The molecule has 0 aliphatic rings. The minimum atomic E-state index is -0.421. The van der Waals surface area contributed by atoms with E-state index in [4.69, 9.17) is 5.26 Å². The number of hydrogen-bond donors (Lipinski definition) is 1. The summed E-state index contributed by atoms with van der Waals surface area (Å²) in [4.78, 5) is 10.6. The zero-order valence-electron chi connectivity index (χ0n) is 10.6. The Morgan fingerprint density at radius 3 is 2.52 bits per heavy atom. The van der Waals surface area contributed by atoms with Crippen LogP contribution in [0.4, 0.5) is 11.4 Å². The zero-order chi connectivity index (χ0) is 15.4. The average molecular weight is 411 g/mol. The third kappa shape index (κ3) is 3.80. The second kappa shape index (κ2) is 6.70. The summed E-state index contributed by atoms with van der Waals surface area (Å²) >= 11 is 6.64. The first-order valence-electron chi connectivity index (χ1n) is 5.87. The lowest BCUT2D eigenvalue weighted by Crippen LogP contribution is -2.04. The third-order valence-electron chi connectivity index (χ3n) is 2.81. The van der Waals surface area contributed by atoms with E-state index in [2.05, 4.69) is 43.2 Å². The number of nitriles is 1. The van der Waals surface area contributed by atoms with Crippen LogP contribution in [0.1, 0.15) is 11.1 Å². The smallest absolute Gasteiger partial charge is 0.274 e. The molecule has 0 fully saturated rings. The van der Waals surface area contributed by atoms with Crippen molar-refractivity contribution in [2.45, 2.75) is 6.54 Å². The summed E-state index contributed by atoms with van der Waals surface area (Å²) in [5.41, 5.74) is 1.69. The molecule has 0 aliphatic heterocycles. The van der Waals surface area contributed by atoms with Crippen LogP contribution in [0.2, 0.25) is 0 Å². The van der Waals surface area contributed by atoms with Crippen LogP contribution < -0.4 is 5.32 Å². The molecule has 1 N–H and O–H groups in total. The predicted octanol–water partition coefficient (Wildman–Crippen LogP) is 4.60. The highest BCUT2D eigenvalue weighted by atomic mass is 79.9. The maximum Gasteiger partial charge on any atom is 0.274 e. The number of hydrogen-bond acceptors (Lipinski definition) is 4. The highest BCUT2D eigenvalue weighted by Crippen LogP contribution is 2.26. The Morgan fingerprint density at radius 2 is 1.86 bits per heavy atom. The molecule has 106 valence electrons. The van der Waals surface area contributed by atoms with Crippen LogP contribution in [-0.2, 0) is 6.54 Å². The van der Waals surface area contributed by atoms with Crippen molar-refractivity contribution in [2.75, 3.05) is 5.32 Å². The summed E-state index contributed by atoms with van der Waals surface area (Å²) in [5, 5.41) is 23.2. The average Bonchev–Trinajstić information content (AvgIpc) is 2.45. The highest BCUT2D eigenvalue weighted by molar-refractivity contribution is 9.10. The molecule has 2 aromatic rings. The molecule has 0 radical (unpaired) electrons. The molecule has 0 bridgehead atoms. The van der Waals surface area contributed by atoms with Gasteiger partial charge in [-0.1, -0.05) is 31.9 Å². The van der Waals surface area contributed by atoms with Gasteiger partial charge in [0.25, 0.3) is 5.69 Å². The van der Waals surface area contributed by atoms with Crippen molar-refractivity contribution in [1.29, 1.82) is 5.26 Å². The largest absolute Gasteiger partial charge is 0.380 e. The van der Waals surface area contributed by atoms with Crippen LogP contribution in [-0.4, -0.2) is 4.92 Å². The molecule has 0 atom stereocenters. The number of nitro groups is 1. The van der Waals surface area contributed by atoms with E-state index in [9.17, 15) is 10.1 Å². The van der Waals surface area contributed by atoms with Gasteiger partial charge in [-0.15, -0.1) is 0 Å². The number of nitro benzene ring substituents is 1. The molecular weight excluding hydrogens is 402 g/mol. The second-order valence-corrected chi connectivity index (χ2v) is 6.02. The molecule has 0 aliphatic carbocycles. The Morgan fingerprint density at radius 1 is 1.19 bits per heavy atom. The zero-order valence-corrected chi connectivity index (χ0v) is 13.8. The van der Waals surface area contributed by atoms with Gasteiger partial charge in [-0.25, -0.2) is 0 Å². The second-order valence-electron chi connectivity index (χ2n) is 4.19. The van der Waals surface area contributed by atoms with Crippen molar-refractivity contribution in [3.63, 3.8) is 0 Å². The number of rotatable bonds is 4. The van der Waals surface area contributed by atoms with Crippen LogP contribution in [0.15, 0.2) is 45.3 Å². The van der Waals surface area contributed by atoms with Crippen molar-refractivity contribution >= 4 is 43.2 Å². The van der Waals surface area contributed by atoms with Gasteiger partial charge in [0.15, 0.2) is 0 Å². The van der Waals surface area contributed by atoms with Gasteiger partial charge in [-0.2, -0.15) is 5.26 Å². The lowest BCUT2D eigenvalue weighted by atomic mass is 10.1. The van der Waals surface area contributed by atoms with Crippen molar-refractivity contribution in [1.82, 2.24) is 0 Å². The van der Waals surface area contributed by atoms with Crippen LogP contribution in [0.3, 0.4) is 0 Å². The Kier molecular flexibility index (Phi) is 4.94. The first-order chi connectivity index (χ1) is 10.0. The normalized spacial score (nSPS) is 9.95. The van der Waals surface area contributed by atoms with Gasteiger partial charge >= 0.3 is 0 Å². The fraction of sp³-hybridized carbons (Fsp3) is 0.0714. The van der Waals surface area contributed by atoms with E-state index in [1.54, 1.807) is 30.3 Å². The van der Waals surface area contributed by atoms with E-state index in [1.165, 1.54) is 6.07 Å². The first-order valence-corrected chi connectivity index (χ1v) is 7.46.